The standard InChI is InChI=1S/C26H25N5O4S/c32-24-12-9-20-18-21(10-11-22(20)28-24)36(34,35)29-25(19-6-2-1-3-7-19)26(33)31-16-14-30(15-17-31)23-8-4-5-13-27-23/h1-13,18,25,29H,14-17H2,(H,28,32)/t25-/m0/s1. The topological polar surface area (TPSA) is 115 Å². The van der Waals surface area contributed by atoms with Gasteiger partial charge in [-0.05, 0) is 47.3 Å². The molecule has 2 aromatic carbocycles. The van der Waals surface area contributed by atoms with Gasteiger partial charge in [0.25, 0.3) is 0 Å². The van der Waals surface area contributed by atoms with Crippen LogP contribution >= 0.6 is 0 Å². The van der Waals surface area contributed by atoms with E-state index in [1.165, 1.54) is 18.2 Å². The Labute approximate surface area is 208 Å². The lowest BCUT2D eigenvalue weighted by Crippen LogP contribution is -2.52. The Balaban J connectivity index is 1.39. The number of benzene rings is 2. The van der Waals surface area contributed by atoms with Gasteiger partial charge in [0.15, 0.2) is 0 Å². The van der Waals surface area contributed by atoms with Gasteiger partial charge in [0.2, 0.25) is 21.5 Å². The molecular weight excluding hydrogens is 478 g/mol. The number of piperazine rings is 1. The van der Waals surface area contributed by atoms with Crippen molar-refractivity contribution in [2.75, 3.05) is 31.1 Å². The van der Waals surface area contributed by atoms with Crippen molar-refractivity contribution in [3.05, 3.63) is 101 Å². The van der Waals surface area contributed by atoms with Crippen LogP contribution in [0.2, 0.25) is 0 Å². The van der Waals surface area contributed by atoms with Crippen molar-refractivity contribution in [3.63, 3.8) is 0 Å². The molecule has 36 heavy (non-hydrogen) atoms. The molecule has 0 unspecified atom stereocenters. The minimum Gasteiger partial charge on any atom is -0.353 e. The zero-order chi connectivity index (χ0) is 25.1. The molecule has 1 aliphatic heterocycles. The predicted octanol–water partition coefficient (Wildman–Crippen LogP) is 2.29. The third kappa shape index (κ3) is 5.00. The molecule has 10 heteroatoms. The Bertz CT molecular complexity index is 1530. The summed E-state index contributed by atoms with van der Waals surface area (Å²) in [7, 11) is -4.06. The molecular formula is C26H25N5O4S. The maximum atomic E-state index is 13.6. The molecule has 1 amide bonds. The van der Waals surface area contributed by atoms with Gasteiger partial charge in [0.1, 0.15) is 11.9 Å². The smallest absolute Gasteiger partial charge is 0.248 e. The molecule has 0 spiro atoms. The van der Waals surface area contributed by atoms with Gasteiger partial charge in [0, 0.05) is 44.0 Å². The maximum absolute atomic E-state index is 13.6. The third-order valence-electron chi connectivity index (χ3n) is 6.22. The Morgan fingerprint density at radius 1 is 0.917 bits per heavy atom. The number of amides is 1. The molecule has 9 nitrogen and oxygen atoms in total. The summed E-state index contributed by atoms with van der Waals surface area (Å²) in [5.74, 6) is 0.540. The molecule has 0 aliphatic carbocycles. The molecule has 0 saturated carbocycles. The summed E-state index contributed by atoms with van der Waals surface area (Å²) in [6, 6.07) is 20.8. The van der Waals surface area contributed by atoms with Crippen LogP contribution < -0.4 is 15.2 Å². The van der Waals surface area contributed by atoms with Gasteiger partial charge in [-0.2, -0.15) is 4.72 Å². The number of H-pyrrole nitrogens is 1. The summed E-state index contributed by atoms with van der Waals surface area (Å²) in [5.41, 5.74) is 0.820. The Kier molecular flexibility index (Phi) is 6.53. The second kappa shape index (κ2) is 9.92. The fourth-order valence-corrected chi connectivity index (χ4v) is 5.52. The summed E-state index contributed by atoms with van der Waals surface area (Å²) in [5, 5.41) is 0.575. The maximum Gasteiger partial charge on any atom is 0.248 e. The number of hydrogen-bond acceptors (Lipinski definition) is 6. The highest BCUT2D eigenvalue weighted by atomic mass is 32.2. The van der Waals surface area contributed by atoms with Crippen LogP contribution in [0.15, 0.2) is 94.7 Å². The Hall–Kier alpha value is -4.02. The van der Waals surface area contributed by atoms with Crippen molar-refractivity contribution in [2.45, 2.75) is 10.9 Å². The molecule has 0 radical (unpaired) electrons. The van der Waals surface area contributed by atoms with Crippen molar-refractivity contribution in [3.8, 4) is 0 Å². The van der Waals surface area contributed by atoms with Gasteiger partial charge < -0.3 is 14.8 Å². The average Bonchev–Trinajstić information content (AvgIpc) is 2.92. The van der Waals surface area contributed by atoms with Gasteiger partial charge in [-0.1, -0.05) is 36.4 Å². The summed E-state index contributed by atoms with van der Waals surface area (Å²) >= 11 is 0. The van der Waals surface area contributed by atoms with Gasteiger partial charge in [-0.25, -0.2) is 13.4 Å². The van der Waals surface area contributed by atoms with Crippen LogP contribution in [-0.4, -0.2) is 55.4 Å². The number of nitrogens with one attached hydrogen (secondary N) is 2. The van der Waals surface area contributed by atoms with E-state index in [1.807, 2.05) is 24.3 Å². The first-order valence-electron chi connectivity index (χ1n) is 11.6. The molecule has 1 fully saturated rings. The number of carbonyl (C=O) groups excluding carboxylic acids is 1. The molecule has 5 rings (SSSR count). The highest BCUT2D eigenvalue weighted by Crippen LogP contribution is 2.23. The number of carbonyl (C=O) groups is 1. The number of fused-ring (bicyclic) bond motifs is 1. The first-order valence-corrected chi connectivity index (χ1v) is 13.0. The monoisotopic (exact) mass is 503 g/mol. The predicted molar refractivity (Wildman–Crippen MR) is 137 cm³/mol. The number of rotatable bonds is 6. The Morgan fingerprint density at radius 3 is 2.39 bits per heavy atom. The van der Waals surface area contributed by atoms with E-state index in [2.05, 4.69) is 19.6 Å². The summed E-state index contributed by atoms with van der Waals surface area (Å²) < 4.78 is 29.4. The zero-order valence-electron chi connectivity index (χ0n) is 19.4. The highest BCUT2D eigenvalue weighted by molar-refractivity contribution is 7.89. The van der Waals surface area contributed by atoms with Crippen LogP contribution in [-0.2, 0) is 14.8 Å². The van der Waals surface area contributed by atoms with Crippen LogP contribution in [0, 0.1) is 0 Å². The van der Waals surface area contributed by atoms with E-state index >= 15 is 0 Å². The van der Waals surface area contributed by atoms with E-state index in [9.17, 15) is 18.0 Å². The number of pyridine rings is 2. The summed E-state index contributed by atoms with van der Waals surface area (Å²) in [4.78, 5) is 36.0. The second-order valence-corrected chi connectivity index (χ2v) is 10.3. The molecule has 1 saturated heterocycles. The zero-order valence-corrected chi connectivity index (χ0v) is 20.2. The molecule has 1 atom stereocenters. The van der Waals surface area contributed by atoms with Crippen molar-refractivity contribution in [2.24, 2.45) is 0 Å². The number of anilines is 1. The average molecular weight is 504 g/mol. The van der Waals surface area contributed by atoms with Gasteiger partial charge >= 0.3 is 0 Å². The van der Waals surface area contributed by atoms with Crippen molar-refractivity contribution in [1.29, 1.82) is 0 Å². The summed E-state index contributed by atoms with van der Waals surface area (Å²) in [6.07, 6.45) is 1.73. The number of hydrogen-bond donors (Lipinski definition) is 2. The molecule has 1 aliphatic rings. The molecule has 2 N–H and O–H groups in total. The molecule has 2 aromatic heterocycles. The van der Waals surface area contributed by atoms with Crippen LogP contribution in [0.4, 0.5) is 5.82 Å². The van der Waals surface area contributed by atoms with Crippen molar-refractivity contribution >= 4 is 32.7 Å². The van der Waals surface area contributed by atoms with E-state index < -0.39 is 16.1 Å². The van der Waals surface area contributed by atoms with Crippen LogP contribution in [0.5, 0.6) is 0 Å². The van der Waals surface area contributed by atoms with E-state index in [4.69, 9.17) is 0 Å². The first-order chi connectivity index (χ1) is 17.4. The Morgan fingerprint density at radius 2 is 1.67 bits per heavy atom. The minimum absolute atomic E-state index is 0.00995. The largest absolute Gasteiger partial charge is 0.353 e. The van der Waals surface area contributed by atoms with E-state index in [0.717, 1.165) is 5.82 Å². The van der Waals surface area contributed by atoms with Crippen molar-refractivity contribution < 1.29 is 13.2 Å². The fourth-order valence-electron chi connectivity index (χ4n) is 4.31. The molecule has 3 heterocycles. The molecule has 4 aromatic rings. The number of sulfonamides is 1. The first kappa shape index (κ1) is 23.7. The highest BCUT2D eigenvalue weighted by Gasteiger charge is 2.32. The lowest BCUT2D eigenvalue weighted by molar-refractivity contribution is -0.133. The molecule has 184 valence electrons. The lowest BCUT2D eigenvalue weighted by Gasteiger charge is -2.37. The second-order valence-electron chi connectivity index (χ2n) is 8.54. The van der Waals surface area contributed by atoms with Gasteiger partial charge in [0.05, 0.1) is 4.90 Å². The number of aromatic amines is 1. The van der Waals surface area contributed by atoms with Gasteiger partial charge in [-0.15, -0.1) is 0 Å². The fraction of sp³-hybridized carbons (Fsp3) is 0.192. The normalized spacial score (nSPS) is 15.1. The summed E-state index contributed by atoms with van der Waals surface area (Å²) in [6.45, 7) is 2.09. The van der Waals surface area contributed by atoms with E-state index in [-0.39, 0.29) is 16.4 Å². The van der Waals surface area contributed by atoms with E-state index in [0.29, 0.717) is 42.6 Å². The number of aromatic nitrogens is 2. The quantitative estimate of drug-likeness (QED) is 0.417. The van der Waals surface area contributed by atoms with Crippen molar-refractivity contribution in [1.82, 2.24) is 19.6 Å². The van der Waals surface area contributed by atoms with Crippen LogP contribution in [0.3, 0.4) is 0 Å². The lowest BCUT2D eigenvalue weighted by atomic mass is 10.1. The van der Waals surface area contributed by atoms with E-state index in [1.54, 1.807) is 47.5 Å². The molecule has 0 bridgehead atoms. The minimum atomic E-state index is -4.06. The SMILES string of the molecule is O=C([C@@H](NS(=O)(=O)c1ccc2[nH]c(=O)ccc2c1)c1ccccc1)N1CCN(c2ccccn2)CC1. The van der Waals surface area contributed by atoms with Gasteiger partial charge in [-0.3, -0.25) is 9.59 Å². The van der Waals surface area contributed by atoms with Crippen LogP contribution in [0.1, 0.15) is 11.6 Å². The number of nitrogens with zero attached hydrogens (tertiary/aromatic N) is 3. The third-order valence-corrected chi connectivity index (χ3v) is 7.64. The van der Waals surface area contributed by atoms with Crippen LogP contribution in [0.25, 0.3) is 10.9 Å².